The lowest BCUT2D eigenvalue weighted by Crippen LogP contribution is -2.08. The zero-order valence-corrected chi connectivity index (χ0v) is 6.96. The minimum Gasteiger partial charge on any atom is -0.477 e. The predicted octanol–water partition coefficient (Wildman–Crippen LogP) is 0.719. The number of aromatic nitrogens is 2. The molecule has 0 aliphatic heterocycles. The Morgan fingerprint density at radius 2 is 2.17 bits per heavy atom. The minimum atomic E-state index is -1.22. The van der Waals surface area contributed by atoms with E-state index in [0.717, 1.165) is 0 Å². The van der Waals surface area contributed by atoms with Crippen LogP contribution < -0.4 is 5.73 Å². The molecule has 64 valence electrons. The number of carbonyl (C=O) groups is 1. The molecule has 3 N–H and O–H groups in total. The molecule has 0 spiro atoms. The maximum Gasteiger partial charge on any atom is 0.342 e. The third kappa shape index (κ3) is 1.45. The van der Waals surface area contributed by atoms with Crippen LogP contribution in [0.4, 0.5) is 5.82 Å². The quantitative estimate of drug-likeness (QED) is 0.633. The zero-order valence-electron chi connectivity index (χ0n) is 6.21. The summed E-state index contributed by atoms with van der Waals surface area (Å²) in [7, 11) is 0. The molecule has 0 fully saturated rings. The fourth-order valence-electron chi connectivity index (χ4n) is 0.757. The average molecular weight is 188 g/mol. The van der Waals surface area contributed by atoms with Gasteiger partial charge in [0, 0.05) is 0 Å². The van der Waals surface area contributed by atoms with Gasteiger partial charge in [-0.3, -0.25) is 0 Å². The Labute approximate surface area is 73.2 Å². The Hall–Kier alpha value is -1.36. The Balaban J connectivity index is 3.38. The Morgan fingerprint density at radius 3 is 2.58 bits per heavy atom. The largest absolute Gasteiger partial charge is 0.477 e. The maximum absolute atomic E-state index is 10.5. The Kier molecular flexibility index (Phi) is 2.14. The molecule has 0 bridgehead atoms. The lowest BCUT2D eigenvalue weighted by molar-refractivity contribution is 0.0697. The van der Waals surface area contributed by atoms with Gasteiger partial charge in [0.1, 0.15) is 22.4 Å². The van der Waals surface area contributed by atoms with E-state index in [-0.39, 0.29) is 16.5 Å². The van der Waals surface area contributed by atoms with Gasteiger partial charge < -0.3 is 10.8 Å². The molecule has 0 aromatic carbocycles. The molecule has 0 unspecified atom stereocenters. The number of halogens is 1. The average Bonchev–Trinajstić information content (AvgIpc) is 1.82. The zero-order chi connectivity index (χ0) is 9.30. The predicted molar refractivity (Wildman–Crippen MR) is 43.2 cm³/mol. The lowest BCUT2D eigenvalue weighted by Gasteiger charge is -2.01. The van der Waals surface area contributed by atoms with Gasteiger partial charge in [0.25, 0.3) is 0 Å². The maximum atomic E-state index is 10.5. The van der Waals surface area contributed by atoms with Crippen LogP contribution in [0.25, 0.3) is 0 Å². The van der Waals surface area contributed by atoms with E-state index in [4.69, 9.17) is 22.4 Å². The summed E-state index contributed by atoms with van der Waals surface area (Å²) in [6.45, 7) is 1.58. The van der Waals surface area contributed by atoms with Crippen LogP contribution in [0.3, 0.4) is 0 Å². The summed E-state index contributed by atoms with van der Waals surface area (Å²) in [6.07, 6.45) is 0. The molecule has 0 atom stereocenters. The summed E-state index contributed by atoms with van der Waals surface area (Å²) >= 11 is 5.52. The molecule has 12 heavy (non-hydrogen) atoms. The minimum absolute atomic E-state index is 0.111. The van der Waals surface area contributed by atoms with Crippen molar-refractivity contribution in [2.45, 2.75) is 6.92 Å². The van der Waals surface area contributed by atoms with Gasteiger partial charge in [-0.1, -0.05) is 11.6 Å². The van der Waals surface area contributed by atoms with Gasteiger partial charge >= 0.3 is 5.97 Å². The molecule has 0 saturated carbocycles. The molecule has 1 rings (SSSR count). The Bertz CT molecular complexity index is 317. The van der Waals surface area contributed by atoms with Crippen LogP contribution in [-0.4, -0.2) is 21.0 Å². The number of nitrogens with zero attached hydrogens (tertiary/aromatic N) is 2. The van der Waals surface area contributed by atoms with Crippen LogP contribution in [0.1, 0.15) is 16.2 Å². The molecule has 0 aliphatic carbocycles. The van der Waals surface area contributed by atoms with E-state index in [1.165, 1.54) is 0 Å². The van der Waals surface area contributed by atoms with Gasteiger partial charge in [0.05, 0.1) is 0 Å². The van der Waals surface area contributed by atoms with Crippen molar-refractivity contribution in [2.75, 3.05) is 5.73 Å². The first-order valence-electron chi connectivity index (χ1n) is 3.05. The smallest absolute Gasteiger partial charge is 0.342 e. The number of anilines is 1. The Morgan fingerprint density at radius 1 is 1.58 bits per heavy atom. The SMILES string of the molecule is Cc1nc(N)c(C(=O)O)c(Cl)n1. The van der Waals surface area contributed by atoms with E-state index in [0.29, 0.717) is 5.82 Å². The molecule has 6 heteroatoms. The van der Waals surface area contributed by atoms with Gasteiger partial charge in [-0.25, -0.2) is 14.8 Å². The molecule has 0 amide bonds. The number of aromatic carboxylic acids is 1. The van der Waals surface area contributed by atoms with Crippen LogP contribution in [0.15, 0.2) is 0 Å². The second-order valence-electron chi connectivity index (χ2n) is 2.13. The highest BCUT2D eigenvalue weighted by molar-refractivity contribution is 6.32. The lowest BCUT2D eigenvalue weighted by atomic mass is 10.3. The van der Waals surface area contributed by atoms with Gasteiger partial charge in [0.15, 0.2) is 0 Å². The number of carboxylic acid groups (broad SMARTS) is 1. The van der Waals surface area contributed by atoms with Crippen molar-refractivity contribution < 1.29 is 9.90 Å². The van der Waals surface area contributed by atoms with Crippen molar-refractivity contribution >= 4 is 23.4 Å². The summed E-state index contributed by atoms with van der Waals surface area (Å²) in [6, 6.07) is 0. The molecule has 0 saturated heterocycles. The van der Waals surface area contributed by atoms with Gasteiger partial charge in [-0.2, -0.15) is 0 Å². The second kappa shape index (κ2) is 2.94. The van der Waals surface area contributed by atoms with Crippen LogP contribution in [-0.2, 0) is 0 Å². The fourth-order valence-corrected chi connectivity index (χ4v) is 1.06. The van der Waals surface area contributed by atoms with Crippen molar-refractivity contribution in [3.63, 3.8) is 0 Å². The van der Waals surface area contributed by atoms with Crippen molar-refractivity contribution in [3.8, 4) is 0 Å². The van der Waals surface area contributed by atoms with E-state index in [1.54, 1.807) is 6.92 Å². The second-order valence-corrected chi connectivity index (χ2v) is 2.49. The molecule has 1 aromatic rings. The van der Waals surface area contributed by atoms with Crippen molar-refractivity contribution in [1.29, 1.82) is 0 Å². The first-order valence-corrected chi connectivity index (χ1v) is 3.43. The number of nitrogen functional groups attached to an aromatic ring is 1. The number of hydrogen-bond donors (Lipinski definition) is 2. The van der Waals surface area contributed by atoms with E-state index in [2.05, 4.69) is 9.97 Å². The highest BCUT2D eigenvalue weighted by atomic mass is 35.5. The topological polar surface area (TPSA) is 89.1 Å². The van der Waals surface area contributed by atoms with Crippen LogP contribution in [0.2, 0.25) is 5.15 Å². The third-order valence-corrected chi connectivity index (χ3v) is 1.49. The van der Waals surface area contributed by atoms with Crippen molar-refractivity contribution in [3.05, 3.63) is 16.5 Å². The van der Waals surface area contributed by atoms with Crippen molar-refractivity contribution in [1.82, 2.24) is 9.97 Å². The fraction of sp³-hybridized carbons (Fsp3) is 0.167. The third-order valence-electron chi connectivity index (χ3n) is 1.22. The summed E-state index contributed by atoms with van der Waals surface area (Å²) in [5.41, 5.74) is 5.06. The molecule has 0 radical (unpaired) electrons. The number of hydrogen-bond acceptors (Lipinski definition) is 4. The number of carboxylic acids is 1. The molecular formula is C6H6ClN3O2. The summed E-state index contributed by atoms with van der Waals surface area (Å²) in [4.78, 5) is 17.8. The van der Waals surface area contributed by atoms with Crippen LogP contribution >= 0.6 is 11.6 Å². The van der Waals surface area contributed by atoms with Gasteiger partial charge in [-0.05, 0) is 6.92 Å². The van der Waals surface area contributed by atoms with Crippen molar-refractivity contribution in [2.24, 2.45) is 0 Å². The monoisotopic (exact) mass is 187 g/mol. The number of aryl methyl sites for hydroxylation is 1. The standard InChI is InChI=1S/C6H6ClN3O2/c1-2-9-4(7)3(6(11)12)5(8)10-2/h1H3,(H,11,12)(H2,8,9,10). The van der Waals surface area contributed by atoms with Gasteiger partial charge in [0.2, 0.25) is 0 Å². The highest BCUT2D eigenvalue weighted by Crippen LogP contribution is 2.17. The normalized spacial score (nSPS) is 9.83. The highest BCUT2D eigenvalue weighted by Gasteiger charge is 2.15. The van der Waals surface area contributed by atoms with E-state index >= 15 is 0 Å². The first kappa shape index (κ1) is 8.73. The van der Waals surface area contributed by atoms with Crippen LogP contribution in [0.5, 0.6) is 0 Å². The molecule has 5 nitrogen and oxygen atoms in total. The molecule has 1 heterocycles. The van der Waals surface area contributed by atoms with E-state index in [1.807, 2.05) is 0 Å². The number of rotatable bonds is 1. The van der Waals surface area contributed by atoms with E-state index < -0.39 is 5.97 Å². The summed E-state index contributed by atoms with van der Waals surface area (Å²) in [5, 5.41) is 8.46. The van der Waals surface area contributed by atoms with E-state index in [9.17, 15) is 4.79 Å². The van der Waals surface area contributed by atoms with Gasteiger partial charge in [-0.15, -0.1) is 0 Å². The summed E-state index contributed by atoms with van der Waals surface area (Å²) in [5.74, 6) is -0.986. The van der Waals surface area contributed by atoms with Crippen LogP contribution in [0, 0.1) is 6.92 Å². The first-order chi connectivity index (χ1) is 5.52. The number of nitrogens with two attached hydrogens (primary N) is 1. The molecule has 1 aromatic heterocycles. The summed E-state index contributed by atoms with van der Waals surface area (Å²) < 4.78 is 0. The molecule has 0 aliphatic rings. The molecular weight excluding hydrogens is 182 g/mol.